The van der Waals surface area contributed by atoms with E-state index in [4.69, 9.17) is 4.74 Å². The summed E-state index contributed by atoms with van der Waals surface area (Å²) in [5.41, 5.74) is 1.79. The summed E-state index contributed by atoms with van der Waals surface area (Å²) >= 11 is 0. The Morgan fingerprint density at radius 1 is 1.11 bits per heavy atom. The lowest BCUT2D eigenvalue weighted by atomic mass is 10.2. The van der Waals surface area contributed by atoms with Crippen LogP contribution >= 0.6 is 0 Å². The van der Waals surface area contributed by atoms with Gasteiger partial charge in [-0.3, -0.25) is 4.79 Å². The number of amides is 1. The number of rotatable bonds is 7. The van der Waals surface area contributed by atoms with Crippen molar-refractivity contribution in [1.82, 2.24) is 15.5 Å². The summed E-state index contributed by atoms with van der Waals surface area (Å²) in [5.74, 6) is 0.893. The first-order valence-electron chi connectivity index (χ1n) is 8.57. The normalized spacial score (nSPS) is 11.0. The molecule has 7 heteroatoms. The highest BCUT2D eigenvalue weighted by atomic mass is 19.1. The molecule has 0 aliphatic carbocycles. The van der Waals surface area contributed by atoms with E-state index in [9.17, 15) is 9.18 Å². The van der Waals surface area contributed by atoms with E-state index in [1.54, 1.807) is 33.3 Å². The average molecular weight is 372 g/mol. The van der Waals surface area contributed by atoms with E-state index in [1.807, 2.05) is 24.3 Å². The standard InChI is InChI=1S/C20H25FN4O2/c1-25(2)19(26)14-24-20(23-13-16-5-4-6-17(21)11-16)22-12-15-7-9-18(27-3)10-8-15/h4-11H,12-14H2,1-3H3,(H2,22,23,24). The smallest absolute Gasteiger partial charge is 0.241 e. The first-order valence-corrected chi connectivity index (χ1v) is 8.57. The third kappa shape index (κ3) is 6.97. The van der Waals surface area contributed by atoms with Crippen LogP contribution in [0.2, 0.25) is 0 Å². The van der Waals surface area contributed by atoms with Crippen molar-refractivity contribution in [3.05, 3.63) is 65.5 Å². The predicted octanol–water partition coefficient (Wildman–Crippen LogP) is 2.16. The number of hydrogen-bond donors (Lipinski definition) is 2. The Morgan fingerprint density at radius 2 is 1.85 bits per heavy atom. The lowest BCUT2D eigenvalue weighted by Crippen LogP contribution is -2.42. The Bertz CT molecular complexity index is 776. The number of halogens is 1. The maximum atomic E-state index is 13.3. The summed E-state index contributed by atoms with van der Waals surface area (Å²) in [7, 11) is 5.01. The predicted molar refractivity (Wildman–Crippen MR) is 104 cm³/mol. The Morgan fingerprint density at radius 3 is 2.48 bits per heavy atom. The SMILES string of the molecule is COc1ccc(CNC(=NCc2cccc(F)c2)NCC(=O)N(C)C)cc1. The first-order chi connectivity index (χ1) is 13.0. The number of hydrogen-bond acceptors (Lipinski definition) is 3. The Balaban J connectivity index is 2.03. The largest absolute Gasteiger partial charge is 0.497 e. The second-order valence-corrected chi connectivity index (χ2v) is 6.14. The number of nitrogens with zero attached hydrogens (tertiary/aromatic N) is 2. The van der Waals surface area contributed by atoms with Gasteiger partial charge in [-0.25, -0.2) is 9.38 Å². The molecule has 0 aliphatic heterocycles. The number of nitrogens with one attached hydrogen (secondary N) is 2. The van der Waals surface area contributed by atoms with E-state index in [0.717, 1.165) is 16.9 Å². The summed E-state index contributed by atoms with van der Waals surface area (Å²) in [5, 5.41) is 6.19. The second-order valence-electron chi connectivity index (χ2n) is 6.14. The van der Waals surface area contributed by atoms with Crippen LogP contribution in [-0.4, -0.2) is 44.5 Å². The molecule has 2 aromatic rings. The highest BCUT2D eigenvalue weighted by Crippen LogP contribution is 2.11. The van der Waals surface area contributed by atoms with Crippen LogP contribution in [0.4, 0.5) is 4.39 Å². The molecule has 0 bridgehead atoms. The molecule has 0 saturated heterocycles. The van der Waals surface area contributed by atoms with Gasteiger partial charge in [-0.05, 0) is 35.4 Å². The van der Waals surface area contributed by atoms with E-state index in [-0.39, 0.29) is 18.3 Å². The lowest BCUT2D eigenvalue weighted by Gasteiger charge is -2.15. The van der Waals surface area contributed by atoms with Crippen LogP contribution in [0.25, 0.3) is 0 Å². The third-order valence-corrected chi connectivity index (χ3v) is 3.83. The van der Waals surface area contributed by atoms with Crippen molar-refractivity contribution in [1.29, 1.82) is 0 Å². The third-order valence-electron chi connectivity index (χ3n) is 3.83. The van der Waals surface area contributed by atoms with Crippen LogP contribution in [0.1, 0.15) is 11.1 Å². The fourth-order valence-electron chi connectivity index (χ4n) is 2.23. The van der Waals surface area contributed by atoms with Crippen molar-refractivity contribution in [2.45, 2.75) is 13.1 Å². The van der Waals surface area contributed by atoms with Gasteiger partial charge in [-0.15, -0.1) is 0 Å². The molecule has 144 valence electrons. The molecule has 0 spiro atoms. The molecule has 2 N–H and O–H groups in total. The number of carbonyl (C=O) groups excluding carboxylic acids is 1. The highest BCUT2D eigenvalue weighted by molar-refractivity contribution is 5.86. The molecule has 0 aliphatic rings. The van der Waals surface area contributed by atoms with Gasteiger partial charge in [0.25, 0.3) is 0 Å². The van der Waals surface area contributed by atoms with E-state index >= 15 is 0 Å². The van der Waals surface area contributed by atoms with Crippen LogP contribution in [0.3, 0.4) is 0 Å². The monoisotopic (exact) mass is 372 g/mol. The minimum Gasteiger partial charge on any atom is -0.497 e. The van der Waals surface area contributed by atoms with Crippen molar-refractivity contribution in [2.24, 2.45) is 4.99 Å². The number of guanidine groups is 1. The van der Waals surface area contributed by atoms with Crippen LogP contribution in [0.5, 0.6) is 5.75 Å². The van der Waals surface area contributed by atoms with Crippen molar-refractivity contribution >= 4 is 11.9 Å². The lowest BCUT2D eigenvalue weighted by molar-refractivity contribution is -0.127. The van der Waals surface area contributed by atoms with Crippen molar-refractivity contribution < 1.29 is 13.9 Å². The Hall–Kier alpha value is -3.09. The maximum absolute atomic E-state index is 13.3. The van der Waals surface area contributed by atoms with Gasteiger partial charge in [0.15, 0.2) is 5.96 Å². The molecular weight excluding hydrogens is 347 g/mol. The van der Waals surface area contributed by atoms with E-state index < -0.39 is 0 Å². The summed E-state index contributed by atoms with van der Waals surface area (Å²) in [6.07, 6.45) is 0. The molecule has 0 saturated carbocycles. The molecule has 27 heavy (non-hydrogen) atoms. The van der Waals surface area contributed by atoms with Crippen molar-refractivity contribution in [3.8, 4) is 5.75 Å². The van der Waals surface area contributed by atoms with Gasteiger partial charge in [-0.1, -0.05) is 24.3 Å². The van der Waals surface area contributed by atoms with Gasteiger partial charge in [-0.2, -0.15) is 0 Å². The van der Waals surface area contributed by atoms with Gasteiger partial charge in [0, 0.05) is 20.6 Å². The summed E-state index contributed by atoms with van der Waals surface area (Å²) < 4.78 is 18.5. The molecule has 0 fully saturated rings. The zero-order chi connectivity index (χ0) is 19.6. The molecule has 0 atom stereocenters. The number of aliphatic imine (C=N–C) groups is 1. The van der Waals surface area contributed by atoms with Gasteiger partial charge in [0.2, 0.25) is 5.91 Å². The van der Waals surface area contributed by atoms with Gasteiger partial charge in [0.05, 0.1) is 20.2 Å². The highest BCUT2D eigenvalue weighted by Gasteiger charge is 2.06. The summed E-state index contributed by atoms with van der Waals surface area (Å²) in [4.78, 5) is 17.8. The fourth-order valence-corrected chi connectivity index (χ4v) is 2.23. The molecule has 6 nitrogen and oxygen atoms in total. The minimum atomic E-state index is -0.300. The number of methoxy groups -OCH3 is 1. The van der Waals surface area contributed by atoms with Gasteiger partial charge >= 0.3 is 0 Å². The first kappa shape index (κ1) is 20.2. The molecular formula is C20H25FN4O2. The summed E-state index contributed by atoms with van der Waals surface area (Å²) in [6, 6.07) is 13.9. The van der Waals surface area contributed by atoms with Crippen molar-refractivity contribution in [3.63, 3.8) is 0 Å². The van der Waals surface area contributed by atoms with E-state index in [2.05, 4.69) is 15.6 Å². The van der Waals surface area contributed by atoms with Gasteiger partial charge in [0.1, 0.15) is 11.6 Å². The van der Waals surface area contributed by atoms with Crippen molar-refractivity contribution in [2.75, 3.05) is 27.7 Å². The average Bonchev–Trinajstić information content (AvgIpc) is 2.67. The molecule has 2 aromatic carbocycles. The maximum Gasteiger partial charge on any atom is 0.241 e. The molecule has 0 heterocycles. The Labute approximate surface area is 159 Å². The number of benzene rings is 2. The van der Waals surface area contributed by atoms with E-state index in [1.165, 1.54) is 17.0 Å². The fraction of sp³-hybridized carbons (Fsp3) is 0.300. The minimum absolute atomic E-state index is 0.0697. The number of ether oxygens (including phenoxy) is 1. The van der Waals surface area contributed by atoms with Crippen LogP contribution < -0.4 is 15.4 Å². The number of likely N-dealkylation sites (N-methyl/N-ethyl adjacent to an activating group) is 1. The zero-order valence-electron chi connectivity index (χ0n) is 15.8. The van der Waals surface area contributed by atoms with Crippen LogP contribution in [-0.2, 0) is 17.9 Å². The zero-order valence-corrected chi connectivity index (χ0v) is 15.8. The molecule has 1 amide bonds. The topological polar surface area (TPSA) is 66.0 Å². The van der Waals surface area contributed by atoms with E-state index in [0.29, 0.717) is 19.0 Å². The van der Waals surface area contributed by atoms with Crippen LogP contribution in [0.15, 0.2) is 53.5 Å². The molecule has 0 unspecified atom stereocenters. The second kappa shape index (κ2) is 10.2. The molecule has 2 rings (SSSR count). The Kier molecular flexibility index (Phi) is 7.61. The molecule has 0 radical (unpaired) electrons. The molecule has 0 aromatic heterocycles. The summed E-state index contributed by atoms with van der Waals surface area (Å²) in [6.45, 7) is 0.936. The van der Waals surface area contributed by atoms with Crippen LogP contribution in [0, 0.1) is 5.82 Å². The number of carbonyl (C=O) groups is 1. The van der Waals surface area contributed by atoms with Gasteiger partial charge < -0.3 is 20.3 Å². The quantitative estimate of drug-likeness (QED) is 0.577.